The predicted octanol–water partition coefficient (Wildman–Crippen LogP) is 2.49. The number of aryl methyl sites for hydroxylation is 1. The molecule has 2 amide bonds. The van der Waals surface area contributed by atoms with Crippen molar-refractivity contribution in [2.24, 2.45) is 0 Å². The van der Waals surface area contributed by atoms with Gasteiger partial charge in [-0.05, 0) is 44.4 Å². The number of fused-ring (bicyclic) bond motifs is 2. The molecule has 5 rings (SSSR count). The van der Waals surface area contributed by atoms with Crippen LogP contribution in [0.3, 0.4) is 0 Å². The Bertz CT molecular complexity index is 1050. The molecule has 0 aliphatic carbocycles. The summed E-state index contributed by atoms with van der Waals surface area (Å²) in [6.45, 7) is 4.31. The highest BCUT2D eigenvalue weighted by Gasteiger charge is 2.30. The first-order chi connectivity index (χ1) is 15.0. The number of aromatic nitrogens is 2. The summed E-state index contributed by atoms with van der Waals surface area (Å²) in [5, 5.41) is 0. The molecule has 4 heterocycles. The van der Waals surface area contributed by atoms with E-state index in [1.807, 2.05) is 11.8 Å². The van der Waals surface area contributed by atoms with Crippen molar-refractivity contribution in [2.75, 3.05) is 38.3 Å². The zero-order valence-corrected chi connectivity index (χ0v) is 17.9. The van der Waals surface area contributed by atoms with Gasteiger partial charge in [-0.2, -0.15) is 0 Å². The second-order valence-electron chi connectivity index (χ2n) is 8.35. The van der Waals surface area contributed by atoms with Crippen molar-refractivity contribution in [2.45, 2.75) is 38.5 Å². The van der Waals surface area contributed by atoms with E-state index < -0.39 is 0 Å². The average molecular weight is 422 g/mol. The molecule has 2 aromatic rings. The number of carbonyl (C=O) groups is 2. The van der Waals surface area contributed by atoms with Crippen LogP contribution in [0.4, 0.5) is 5.82 Å². The molecule has 8 heteroatoms. The fourth-order valence-electron chi connectivity index (χ4n) is 4.57. The van der Waals surface area contributed by atoms with Crippen LogP contribution in [-0.4, -0.2) is 60.0 Å². The number of hydrogen-bond donors (Lipinski definition) is 0. The maximum atomic E-state index is 13.0. The normalized spacial score (nSPS) is 18.7. The quantitative estimate of drug-likeness (QED) is 0.739. The highest BCUT2D eigenvalue weighted by molar-refractivity contribution is 5.95. The highest BCUT2D eigenvalue weighted by atomic mass is 16.6. The van der Waals surface area contributed by atoms with Crippen LogP contribution in [0.1, 0.15) is 52.6 Å². The highest BCUT2D eigenvalue weighted by Crippen LogP contribution is 2.34. The van der Waals surface area contributed by atoms with Crippen LogP contribution in [0, 0.1) is 6.92 Å². The zero-order chi connectivity index (χ0) is 21.5. The Hall–Kier alpha value is -3.16. The number of carbonyl (C=O) groups excluding carboxylic acids is 2. The first kappa shape index (κ1) is 19.8. The summed E-state index contributed by atoms with van der Waals surface area (Å²) < 4.78 is 11.2. The van der Waals surface area contributed by atoms with Crippen LogP contribution >= 0.6 is 0 Å². The molecule has 0 spiro atoms. The molecule has 0 saturated carbocycles. The first-order valence-corrected chi connectivity index (χ1v) is 10.8. The lowest BCUT2D eigenvalue weighted by Gasteiger charge is -2.33. The lowest BCUT2D eigenvalue weighted by Crippen LogP contribution is -2.38. The molecule has 1 fully saturated rings. The third-order valence-corrected chi connectivity index (χ3v) is 6.43. The van der Waals surface area contributed by atoms with Gasteiger partial charge in [0.1, 0.15) is 24.9 Å². The van der Waals surface area contributed by atoms with Crippen molar-refractivity contribution in [1.29, 1.82) is 0 Å². The van der Waals surface area contributed by atoms with E-state index in [1.165, 1.54) is 0 Å². The molecular weight excluding hydrogens is 396 g/mol. The molecule has 1 aromatic heterocycles. The molecule has 0 N–H and O–H groups in total. The number of hydrogen-bond acceptors (Lipinski definition) is 6. The van der Waals surface area contributed by atoms with E-state index in [4.69, 9.17) is 19.4 Å². The van der Waals surface area contributed by atoms with E-state index in [1.54, 1.807) is 30.1 Å². The predicted molar refractivity (Wildman–Crippen MR) is 114 cm³/mol. The van der Waals surface area contributed by atoms with E-state index in [2.05, 4.69) is 0 Å². The van der Waals surface area contributed by atoms with Crippen LogP contribution in [0.15, 0.2) is 18.2 Å². The summed E-state index contributed by atoms with van der Waals surface area (Å²) in [4.78, 5) is 38.2. The van der Waals surface area contributed by atoms with Gasteiger partial charge in [-0.1, -0.05) is 0 Å². The van der Waals surface area contributed by atoms with Crippen LogP contribution in [-0.2, 0) is 11.2 Å². The minimum atomic E-state index is 0.00305. The van der Waals surface area contributed by atoms with Crippen LogP contribution in [0.25, 0.3) is 0 Å². The SMILES string of the molecule is Cc1nc(C2CCN(C(=O)c3ccc4c(c3)OCCO4)CC2)nc2c1CCC(=O)N2C. The Morgan fingerprint density at radius 1 is 1.06 bits per heavy atom. The Kier molecular flexibility index (Phi) is 5.00. The van der Waals surface area contributed by atoms with Gasteiger partial charge >= 0.3 is 0 Å². The molecule has 162 valence electrons. The maximum Gasteiger partial charge on any atom is 0.253 e. The summed E-state index contributed by atoms with van der Waals surface area (Å²) >= 11 is 0. The number of nitrogens with zero attached hydrogens (tertiary/aromatic N) is 4. The second-order valence-corrected chi connectivity index (χ2v) is 8.35. The molecule has 0 radical (unpaired) electrons. The second kappa shape index (κ2) is 7.83. The van der Waals surface area contributed by atoms with E-state index in [0.29, 0.717) is 56.2 Å². The molecule has 0 atom stereocenters. The Labute approximate surface area is 181 Å². The van der Waals surface area contributed by atoms with Gasteiger partial charge in [-0.15, -0.1) is 0 Å². The lowest BCUT2D eigenvalue weighted by molar-refractivity contribution is -0.118. The van der Waals surface area contributed by atoms with Crippen LogP contribution < -0.4 is 14.4 Å². The van der Waals surface area contributed by atoms with E-state index >= 15 is 0 Å². The molecular formula is C23H26N4O4. The third-order valence-electron chi connectivity index (χ3n) is 6.43. The number of rotatable bonds is 2. The average Bonchev–Trinajstić information content (AvgIpc) is 2.81. The van der Waals surface area contributed by atoms with Gasteiger partial charge in [0.2, 0.25) is 5.91 Å². The van der Waals surface area contributed by atoms with Crippen molar-refractivity contribution in [1.82, 2.24) is 14.9 Å². The van der Waals surface area contributed by atoms with Gasteiger partial charge in [-0.25, -0.2) is 9.97 Å². The molecule has 0 bridgehead atoms. The van der Waals surface area contributed by atoms with E-state index in [0.717, 1.165) is 35.7 Å². The third kappa shape index (κ3) is 3.60. The van der Waals surface area contributed by atoms with E-state index in [-0.39, 0.29) is 17.7 Å². The van der Waals surface area contributed by atoms with Crippen molar-refractivity contribution in [3.05, 3.63) is 40.8 Å². The number of piperidine rings is 1. The largest absolute Gasteiger partial charge is 0.486 e. The Morgan fingerprint density at radius 2 is 1.81 bits per heavy atom. The van der Waals surface area contributed by atoms with Crippen molar-refractivity contribution < 1.29 is 19.1 Å². The lowest BCUT2D eigenvalue weighted by atomic mass is 9.94. The van der Waals surface area contributed by atoms with Gasteiger partial charge in [0.25, 0.3) is 5.91 Å². The fourth-order valence-corrected chi connectivity index (χ4v) is 4.57. The number of likely N-dealkylation sites (tertiary alicyclic amines) is 1. The van der Waals surface area contributed by atoms with Crippen molar-refractivity contribution in [3.63, 3.8) is 0 Å². The minimum absolute atomic E-state index is 0.00305. The maximum absolute atomic E-state index is 13.0. The fraction of sp³-hybridized carbons (Fsp3) is 0.478. The topological polar surface area (TPSA) is 84.9 Å². The molecule has 3 aliphatic heterocycles. The standard InChI is InChI=1S/C23H26N4O4/c1-14-17-4-6-20(28)26(2)22(17)25-21(24-14)15-7-9-27(10-8-15)23(29)16-3-5-18-19(13-16)31-12-11-30-18/h3,5,13,15H,4,6-12H2,1-2H3. The molecule has 1 aromatic carbocycles. The number of anilines is 1. The number of ether oxygens (including phenoxy) is 2. The van der Waals surface area contributed by atoms with Crippen LogP contribution in [0.5, 0.6) is 11.5 Å². The van der Waals surface area contributed by atoms with Gasteiger partial charge < -0.3 is 14.4 Å². The van der Waals surface area contributed by atoms with Gasteiger partial charge in [0.05, 0.1) is 0 Å². The van der Waals surface area contributed by atoms with Crippen LogP contribution in [0.2, 0.25) is 0 Å². The summed E-state index contributed by atoms with van der Waals surface area (Å²) in [6, 6.07) is 5.37. The summed E-state index contributed by atoms with van der Waals surface area (Å²) in [7, 11) is 1.78. The Balaban J connectivity index is 1.29. The summed E-state index contributed by atoms with van der Waals surface area (Å²) in [5.41, 5.74) is 2.63. The monoisotopic (exact) mass is 422 g/mol. The molecule has 0 unspecified atom stereocenters. The Morgan fingerprint density at radius 3 is 2.58 bits per heavy atom. The molecule has 31 heavy (non-hydrogen) atoms. The van der Waals surface area contributed by atoms with Gasteiger partial charge in [0, 0.05) is 49.3 Å². The summed E-state index contributed by atoms with van der Waals surface area (Å²) in [5.74, 6) is 3.12. The number of amides is 2. The first-order valence-electron chi connectivity index (χ1n) is 10.8. The van der Waals surface area contributed by atoms with Gasteiger partial charge in [0.15, 0.2) is 11.5 Å². The molecule has 3 aliphatic rings. The zero-order valence-electron chi connectivity index (χ0n) is 17.9. The summed E-state index contributed by atoms with van der Waals surface area (Å²) in [6.07, 6.45) is 2.80. The molecule has 8 nitrogen and oxygen atoms in total. The van der Waals surface area contributed by atoms with E-state index in [9.17, 15) is 9.59 Å². The smallest absolute Gasteiger partial charge is 0.253 e. The van der Waals surface area contributed by atoms with Crippen molar-refractivity contribution in [3.8, 4) is 11.5 Å². The minimum Gasteiger partial charge on any atom is -0.486 e. The van der Waals surface area contributed by atoms with Gasteiger partial charge in [-0.3, -0.25) is 14.5 Å². The number of benzene rings is 1. The molecule has 1 saturated heterocycles. The van der Waals surface area contributed by atoms with Crippen molar-refractivity contribution >= 4 is 17.6 Å².